The van der Waals surface area contributed by atoms with E-state index in [9.17, 15) is 0 Å². The van der Waals surface area contributed by atoms with Crippen LogP contribution in [0, 0.1) is 6.92 Å². The summed E-state index contributed by atoms with van der Waals surface area (Å²) >= 11 is 0. The third kappa shape index (κ3) is 2.13. The topological polar surface area (TPSA) is 37.8 Å². The van der Waals surface area contributed by atoms with Gasteiger partial charge in [0.25, 0.3) is 0 Å². The largest absolute Gasteiger partial charge is 0.373 e. The molecule has 0 atom stereocenters. The highest BCUT2D eigenvalue weighted by atomic mass is 15.0. The molecule has 1 heterocycles. The second-order valence-electron chi connectivity index (χ2n) is 3.40. The van der Waals surface area contributed by atoms with Crippen molar-refractivity contribution in [2.45, 2.75) is 6.92 Å². The third-order valence-corrected chi connectivity index (χ3v) is 2.27. The van der Waals surface area contributed by atoms with E-state index in [4.69, 9.17) is 0 Å². The predicted molar refractivity (Wildman–Crippen MR) is 61.8 cm³/mol. The van der Waals surface area contributed by atoms with E-state index in [0.717, 1.165) is 17.1 Å². The summed E-state index contributed by atoms with van der Waals surface area (Å²) in [6.07, 6.45) is 1.57. The highest BCUT2D eigenvalue weighted by Crippen LogP contribution is 2.18. The van der Waals surface area contributed by atoms with E-state index < -0.39 is 0 Å². The molecule has 0 aliphatic rings. The van der Waals surface area contributed by atoms with E-state index in [2.05, 4.69) is 46.5 Å². The molecule has 0 fully saturated rings. The molecule has 0 radical (unpaired) electrons. The molecule has 15 heavy (non-hydrogen) atoms. The first kappa shape index (κ1) is 9.65. The van der Waals surface area contributed by atoms with Crippen LogP contribution in [0.1, 0.15) is 5.56 Å². The molecular weight excluding hydrogens is 186 g/mol. The summed E-state index contributed by atoms with van der Waals surface area (Å²) in [6, 6.07) is 10.2. The molecule has 0 unspecified atom stereocenters. The van der Waals surface area contributed by atoms with Gasteiger partial charge >= 0.3 is 0 Å². The van der Waals surface area contributed by atoms with Crippen LogP contribution in [0.15, 0.2) is 36.7 Å². The van der Waals surface area contributed by atoms with Gasteiger partial charge < -0.3 is 5.32 Å². The predicted octanol–water partition coefficient (Wildman–Crippen LogP) is 2.49. The second-order valence-corrected chi connectivity index (χ2v) is 3.40. The number of hydrogen-bond acceptors (Lipinski definition) is 3. The van der Waals surface area contributed by atoms with E-state index in [-0.39, 0.29) is 0 Å². The normalized spacial score (nSPS) is 10.0. The molecule has 1 aromatic carbocycles. The van der Waals surface area contributed by atoms with E-state index in [1.807, 2.05) is 13.1 Å². The van der Waals surface area contributed by atoms with Crippen LogP contribution >= 0.6 is 0 Å². The summed E-state index contributed by atoms with van der Waals surface area (Å²) in [5.41, 5.74) is 3.30. The Hall–Kier alpha value is -1.90. The number of anilines is 1. The van der Waals surface area contributed by atoms with Crippen molar-refractivity contribution in [1.82, 2.24) is 9.97 Å². The van der Waals surface area contributed by atoms with Gasteiger partial charge in [-0.3, -0.25) is 0 Å². The van der Waals surface area contributed by atoms with Crippen LogP contribution < -0.4 is 5.32 Å². The Morgan fingerprint density at radius 3 is 2.47 bits per heavy atom. The molecule has 0 aliphatic heterocycles. The van der Waals surface area contributed by atoms with Gasteiger partial charge in [0.2, 0.25) is 0 Å². The van der Waals surface area contributed by atoms with Crippen LogP contribution in [0.3, 0.4) is 0 Å². The molecule has 2 aromatic rings. The smallest absolute Gasteiger partial charge is 0.129 e. The van der Waals surface area contributed by atoms with Gasteiger partial charge in [-0.25, -0.2) is 9.97 Å². The highest BCUT2D eigenvalue weighted by Gasteiger charge is 1.99. The summed E-state index contributed by atoms with van der Waals surface area (Å²) in [6.45, 7) is 2.07. The first-order valence-electron chi connectivity index (χ1n) is 4.86. The Morgan fingerprint density at radius 1 is 1.07 bits per heavy atom. The minimum absolute atomic E-state index is 0.834. The Bertz CT molecular complexity index is 449. The number of nitrogens with zero attached hydrogens (tertiary/aromatic N) is 2. The maximum atomic E-state index is 4.24. The van der Waals surface area contributed by atoms with Crippen molar-refractivity contribution in [3.05, 3.63) is 42.2 Å². The molecule has 3 nitrogen and oxygen atoms in total. The first-order chi connectivity index (χ1) is 7.29. The fourth-order valence-corrected chi connectivity index (χ4v) is 1.38. The van der Waals surface area contributed by atoms with Gasteiger partial charge in [-0.2, -0.15) is 0 Å². The standard InChI is InChI=1S/C12H13N3/c1-9-3-5-10(6-4-9)11-7-12(13-2)15-8-14-11/h3-8H,1-2H3,(H,13,14,15). The van der Waals surface area contributed by atoms with Gasteiger partial charge in [-0.1, -0.05) is 29.8 Å². The number of aromatic nitrogens is 2. The lowest BCUT2D eigenvalue weighted by Gasteiger charge is -2.03. The maximum absolute atomic E-state index is 4.24. The number of aryl methyl sites for hydroxylation is 1. The Balaban J connectivity index is 2.40. The maximum Gasteiger partial charge on any atom is 0.129 e. The van der Waals surface area contributed by atoms with Crippen LogP contribution in [0.5, 0.6) is 0 Å². The zero-order valence-corrected chi connectivity index (χ0v) is 8.86. The summed E-state index contributed by atoms with van der Waals surface area (Å²) in [5.74, 6) is 0.834. The lowest BCUT2D eigenvalue weighted by molar-refractivity contribution is 1.16. The molecule has 0 bridgehead atoms. The summed E-state index contributed by atoms with van der Waals surface area (Å²) in [4.78, 5) is 8.31. The van der Waals surface area contributed by atoms with Crippen molar-refractivity contribution < 1.29 is 0 Å². The Kier molecular flexibility index (Phi) is 2.63. The van der Waals surface area contributed by atoms with Gasteiger partial charge in [-0.05, 0) is 6.92 Å². The Labute approximate surface area is 89.2 Å². The van der Waals surface area contributed by atoms with E-state index >= 15 is 0 Å². The number of nitrogens with one attached hydrogen (secondary N) is 1. The molecule has 0 spiro atoms. The second kappa shape index (κ2) is 4.09. The Morgan fingerprint density at radius 2 is 1.80 bits per heavy atom. The van der Waals surface area contributed by atoms with Gasteiger partial charge in [0.05, 0.1) is 5.69 Å². The van der Waals surface area contributed by atoms with Crippen molar-refractivity contribution in [2.75, 3.05) is 12.4 Å². The summed E-state index contributed by atoms with van der Waals surface area (Å²) in [5, 5.41) is 3.00. The first-order valence-corrected chi connectivity index (χ1v) is 4.86. The number of hydrogen-bond donors (Lipinski definition) is 1. The summed E-state index contributed by atoms with van der Waals surface area (Å²) < 4.78 is 0. The minimum atomic E-state index is 0.834. The molecule has 0 amide bonds. The van der Waals surface area contributed by atoms with Crippen LogP contribution in [0.25, 0.3) is 11.3 Å². The van der Waals surface area contributed by atoms with Gasteiger partial charge in [-0.15, -0.1) is 0 Å². The van der Waals surface area contributed by atoms with Crippen molar-refractivity contribution in [1.29, 1.82) is 0 Å². The van der Waals surface area contributed by atoms with Crippen molar-refractivity contribution in [3.8, 4) is 11.3 Å². The average molecular weight is 199 g/mol. The quantitative estimate of drug-likeness (QED) is 0.807. The van der Waals surface area contributed by atoms with E-state index in [1.54, 1.807) is 6.33 Å². The number of rotatable bonds is 2. The summed E-state index contributed by atoms with van der Waals surface area (Å²) in [7, 11) is 1.85. The molecule has 0 aliphatic carbocycles. The fraction of sp³-hybridized carbons (Fsp3) is 0.167. The minimum Gasteiger partial charge on any atom is -0.373 e. The van der Waals surface area contributed by atoms with Gasteiger partial charge in [0, 0.05) is 18.7 Å². The monoisotopic (exact) mass is 199 g/mol. The molecule has 1 N–H and O–H groups in total. The van der Waals surface area contributed by atoms with Gasteiger partial charge in [0.1, 0.15) is 12.1 Å². The van der Waals surface area contributed by atoms with Gasteiger partial charge in [0.15, 0.2) is 0 Å². The van der Waals surface area contributed by atoms with Crippen LogP contribution in [-0.4, -0.2) is 17.0 Å². The lowest BCUT2D eigenvalue weighted by Crippen LogP contribution is -1.94. The zero-order valence-electron chi connectivity index (χ0n) is 8.86. The van der Waals surface area contributed by atoms with E-state index in [0.29, 0.717) is 0 Å². The molecule has 2 rings (SSSR count). The van der Waals surface area contributed by atoms with Crippen LogP contribution in [0.2, 0.25) is 0 Å². The number of benzene rings is 1. The fourth-order valence-electron chi connectivity index (χ4n) is 1.38. The SMILES string of the molecule is CNc1cc(-c2ccc(C)cc2)ncn1. The van der Waals surface area contributed by atoms with Crippen LogP contribution in [-0.2, 0) is 0 Å². The highest BCUT2D eigenvalue weighted by molar-refractivity contribution is 5.62. The zero-order chi connectivity index (χ0) is 10.7. The molecule has 1 aromatic heterocycles. The van der Waals surface area contributed by atoms with Crippen molar-refractivity contribution in [2.24, 2.45) is 0 Å². The van der Waals surface area contributed by atoms with Crippen LogP contribution in [0.4, 0.5) is 5.82 Å². The molecule has 0 saturated carbocycles. The molecular formula is C12H13N3. The molecule has 0 saturated heterocycles. The average Bonchev–Trinajstić information content (AvgIpc) is 2.30. The van der Waals surface area contributed by atoms with Crippen molar-refractivity contribution in [3.63, 3.8) is 0 Å². The van der Waals surface area contributed by atoms with E-state index in [1.165, 1.54) is 5.56 Å². The lowest BCUT2D eigenvalue weighted by atomic mass is 10.1. The molecule has 76 valence electrons. The third-order valence-electron chi connectivity index (χ3n) is 2.27. The molecule has 3 heteroatoms. The van der Waals surface area contributed by atoms with Crippen molar-refractivity contribution >= 4 is 5.82 Å².